The standard InChI is InChI=1S/C22H17ClFN3O3S2/c1-13-4-3-5-19-20(13)25-22(31-19)26-21(28)17-12-16(10-11-18(17)23)32(29,30)27(2)15-8-6-14(24)7-9-15/h3-12H,1-2H3,(H,25,26,28). The van der Waals surface area contributed by atoms with Gasteiger partial charge in [0.1, 0.15) is 5.82 Å². The minimum absolute atomic E-state index is 0.00349. The van der Waals surface area contributed by atoms with Crippen LogP contribution < -0.4 is 9.62 Å². The van der Waals surface area contributed by atoms with Crippen LogP contribution in [0.3, 0.4) is 0 Å². The quantitative estimate of drug-likeness (QED) is 0.403. The summed E-state index contributed by atoms with van der Waals surface area (Å²) in [7, 11) is -2.67. The maximum absolute atomic E-state index is 13.2. The number of benzene rings is 3. The molecule has 4 aromatic rings. The number of aromatic nitrogens is 1. The number of nitrogens with zero attached hydrogens (tertiary/aromatic N) is 2. The normalized spacial score (nSPS) is 11.5. The molecule has 1 heterocycles. The molecule has 1 N–H and O–H groups in total. The van der Waals surface area contributed by atoms with Gasteiger partial charge >= 0.3 is 0 Å². The summed E-state index contributed by atoms with van der Waals surface area (Å²) in [6.45, 7) is 1.93. The van der Waals surface area contributed by atoms with Gasteiger partial charge in [0.15, 0.2) is 5.13 Å². The Morgan fingerprint density at radius 2 is 1.84 bits per heavy atom. The lowest BCUT2D eigenvalue weighted by molar-refractivity contribution is 0.102. The van der Waals surface area contributed by atoms with Crippen molar-refractivity contribution < 1.29 is 17.6 Å². The molecule has 0 bridgehead atoms. The van der Waals surface area contributed by atoms with E-state index in [9.17, 15) is 17.6 Å². The van der Waals surface area contributed by atoms with Crippen molar-refractivity contribution in [2.75, 3.05) is 16.7 Å². The Bertz CT molecular complexity index is 1440. The lowest BCUT2D eigenvalue weighted by Gasteiger charge is -2.20. The number of carbonyl (C=O) groups excluding carboxylic acids is 1. The maximum atomic E-state index is 13.2. The second kappa shape index (κ2) is 8.50. The Hall–Kier alpha value is -3.01. The van der Waals surface area contributed by atoms with Gasteiger partial charge in [-0.1, -0.05) is 35.1 Å². The molecule has 0 atom stereocenters. The Balaban J connectivity index is 1.64. The van der Waals surface area contributed by atoms with Crippen molar-refractivity contribution in [1.82, 2.24) is 4.98 Å². The van der Waals surface area contributed by atoms with Crippen molar-refractivity contribution in [2.45, 2.75) is 11.8 Å². The molecular weight excluding hydrogens is 473 g/mol. The Morgan fingerprint density at radius 3 is 2.53 bits per heavy atom. The number of hydrogen-bond donors (Lipinski definition) is 1. The molecule has 32 heavy (non-hydrogen) atoms. The van der Waals surface area contributed by atoms with Gasteiger partial charge in [-0.15, -0.1) is 0 Å². The average molecular weight is 490 g/mol. The summed E-state index contributed by atoms with van der Waals surface area (Å²) in [5, 5.41) is 3.18. The van der Waals surface area contributed by atoms with E-state index >= 15 is 0 Å². The third kappa shape index (κ3) is 4.19. The van der Waals surface area contributed by atoms with Crippen LogP contribution in [0.2, 0.25) is 5.02 Å². The van der Waals surface area contributed by atoms with E-state index in [1.54, 1.807) is 0 Å². The highest BCUT2D eigenvalue weighted by Gasteiger charge is 2.24. The SMILES string of the molecule is Cc1cccc2sc(NC(=O)c3cc(S(=O)(=O)N(C)c4ccc(F)cc4)ccc3Cl)nc12. The van der Waals surface area contributed by atoms with Crippen molar-refractivity contribution >= 4 is 59.9 Å². The first-order valence-corrected chi connectivity index (χ1v) is 12.0. The molecule has 0 saturated carbocycles. The molecule has 164 valence electrons. The Kier molecular flexibility index (Phi) is 5.89. The number of amides is 1. The molecule has 0 fully saturated rings. The number of sulfonamides is 1. The van der Waals surface area contributed by atoms with Crippen molar-refractivity contribution in [3.05, 3.63) is 82.6 Å². The molecule has 3 aromatic carbocycles. The van der Waals surface area contributed by atoms with Crippen molar-refractivity contribution in [1.29, 1.82) is 0 Å². The smallest absolute Gasteiger partial charge is 0.264 e. The van der Waals surface area contributed by atoms with Crippen LogP contribution in [-0.4, -0.2) is 26.4 Å². The van der Waals surface area contributed by atoms with Crippen LogP contribution in [0.15, 0.2) is 65.6 Å². The largest absolute Gasteiger partial charge is 0.298 e. The molecule has 4 rings (SSSR count). The summed E-state index contributed by atoms with van der Waals surface area (Å²) in [6.07, 6.45) is 0. The van der Waals surface area contributed by atoms with E-state index in [0.717, 1.165) is 20.1 Å². The summed E-state index contributed by atoms with van der Waals surface area (Å²) in [4.78, 5) is 17.2. The third-order valence-corrected chi connectivity index (χ3v) is 7.92. The van der Waals surface area contributed by atoms with E-state index in [0.29, 0.717) is 5.13 Å². The van der Waals surface area contributed by atoms with Gasteiger partial charge in [0.2, 0.25) is 0 Å². The van der Waals surface area contributed by atoms with Crippen LogP contribution in [0.5, 0.6) is 0 Å². The monoisotopic (exact) mass is 489 g/mol. The van der Waals surface area contributed by atoms with Gasteiger partial charge in [-0.2, -0.15) is 0 Å². The van der Waals surface area contributed by atoms with E-state index in [4.69, 9.17) is 11.6 Å². The van der Waals surface area contributed by atoms with Crippen LogP contribution in [0, 0.1) is 12.7 Å². The highest BCUT2D eigenvalue weighted by atomic mass is 35.5. The lowest BCUT2D eigenvalue weighted by atomic mass is 10.2. The maximum Gasteiger partial charge on any atom is 0.264 e. The van der Waals surface area contributed by atoms with Gasteiger partial charge in [0.25, 0.3) is 15.9 Å². The minimum atomic E-state index is -4.02. The predicted molar refractivity (Wildman–Crippen MR) is 126 cm³/mol. The average Bonchev–Trinajstić information content (AvgIpc) is 3.17. The molecule has 1 aromatic heterocycles. The van der Waals surface area contributed by atoms with Gasteiger partial charge < -0.3 is 0 Å². The Labute approximate surface area is 193 Å². The van der Waals surface area contributed by atoms with Crippen molar-refractivity contribution in [3.8, 4) is 0 Å². The highest BCUT2D eigenvalue weighted by molar-refractivity contribution is 7.92. The number of halogens is 2. The fraction of sp³-hybridized carbons (Fsp3) is 0.0909. The number of fused-ring (bicyclic) bond motifs is 1. The number of para-hydroxylation sites is 1. The molecule has 10 heteroatoms. The molecule has 0 radical (unpaired) electrons. The molecule has 0 aliphatic heterocycles. The lowest BCUT2D eigenvalue weighted by Crippen LogP contribution is -2.27. The molecule has 1 amide bonds. The van der Waals surface area contributed by atoms with Gasteiger partial charge in [-0.3, -0.25) is 14.4 Å². The van der Waals surface area contributed by atoms with Crippen molar-refractivity contribution in [3.63, 3.8) is 0 Å². The number of aryl methyl sites for hydroxylation is 1. The topological polar surface area (TPSA) is 79.4 Å². The summed E-state index contributed by atoms with van der Waals surface area (Å²) in [5.74, 6) is -1.05. The van der Waals surface area contributed by atoms with Gasteiger partial charge in [0, 0.05) is 7.05 Å². The number of nitrogens with one attached hydrogen (secondary N) is 1. The molecular formula is C22H17ClFN3O3S2. The fourth-order valence-corrected chi connectivity index (χ4v) is 5.46. The number of anilines is 2. The van der Waals surface area contributed by atoms with Crippen LogP contribution in [0.1, 0.15) is 15.9 Å². The van der Waals surface area contributed by atoms with Gasteiger partial charge in [-0.05, 0) is 61.0 Å². The second-order valence-electron chi connectivity index (χ2n) is 6.99. The van der Waals surface area contributed by atoms with E-state index in [2.05, 4.69) is 10.3 Å². The van der Waals surface area contributed by atoms with E-state index in [1.165, 1.54) is 60.8 Å². The molecule has 0 saturated heterocycles. The molecule has 0 unspecified atom stereocenters. The minimum Gasteiger partial charge on any atom is -0.298 e. The molecule has 6 nitrogen and oxygen atoms in total. The van der Waals surface area contributed by atoms with Gasteiger partial charge in [-0.25, -0.2) is 17.8 Å². The number of hydrogen-bond acceptors (Lipinski definition) is 5. The van der Waals surface area contributed by atoms with Gasteiger partial charge in [0.05, 0.1) is 31.4 Å². The number of carbonyl (C=O) groups is 1. The van der Waals surface area contributed by atoms with E-state index < -0.39 is 21.7 Å². The first kappa shape index (κ1) is 22.2. The first-order chi connectivity index (χ1) is 15.2. The van der Waals surface area contributed by atoms with Crippen LogP contribution in [0.4, 0.5) is 15.2 Å². The second-order valence-corrected chi connectivity index (χ2v) is 10.4. The van der Waals surface area contributed by atoms with E-state index in [-0.39, 0.29) is 21.2 Å². The van der Waals surface area contributed by atoms with Crippen LogP contribution in [0.25, 0.3) is 10.2 Å². The Morgan fingerprint density at radius 1 is 1.12 bits per heavy atom. The molecule has 0 spiro atoms. The summed E-state index contributed by atoms with van der Waals surface area (Å²) < 4.78 is 41.2. The van der Waals surface area contributed by atoms with Crippen LogP contribution in [-0.2, 0) is 10.0 Å². The van der Waals surface area contributed by atoms with E-state index in [1.807, 2.05) is 25.1 Å². The summed E-state index contributed by atoms with van der Waals surface area (Å²) in [5.41, 5.74) is 2.04. The first-order valence-electron chi connectivity index (χ1n) is 9.38. The summed E-state index contributed by atoms with van der Waals surface area (Å²) in [6, 6.07) is 14.7. The third-order valence-electron chi connectivity index (χ3n) is 4.87. The molecule has 0 aliphatic rings. The highest BCUT2D eigenvalue weighted by Crippen LogP contribution is 2.30. The van der Waals surface area contributed by atoms with Crippen LogP contribution >= 0.6 is 22.9 Å². The fourth-order valence-electron chi connectivity index (χ4n) is 3.09. The zero-order chi connectivity index (χ0) is 23.0. The summed E-state index contributed by atoms with van der Waals surface area (Å²) >= 11 is 7.51. The molecule has 0 aliphatic carbocycles. The number of thiazole rings is 1. The number of rotatable bonds is 5. The zero-order valence-electron chi connectivity index (χ0n) is 17.0. The predicted octanol–water partition coefficient (Wildman–Crippen LogP) is 5.47. The van der Waals surface area contributed by atoms with Crippen molar-refractivity contribution in [2.24, 2.45) is 0 Å². The zero-order valence-corrected chi connectivity index (χ0v) is 19.4.